The molecule has 0 saturated carbocycles. The van der Waals surface area contributed by atoms with E-state index < -0.39 is 5.56 Å². The summed E-state index contributed by atoms with van der Waals surface area (Å²) in [4.78, 5) is 15.7. The van der Waals surface area contributed by atoms with Crippen LogP contribution in [0.1, 0.15) is 5.69 Å². The van der Waals surface area contributed by atoms with Crippen LogP contribution < -0.4 is 5.56 Å². The zero-order valence-corrected chi connectivity index (χ0v) is 8.21. The van der Waals surface area contributed by atoms with E-state index in [9.17, 15) is 10.0 Å². The molecule has 1 aromatic heterocycles. The first-order valence-corrected chi connectivity index (χ1v) is 4.53. The van der Waals surface area contributed by atoms with Gasteiger partial charge in [0.05, 0.1) is 11.9 Å². The van der Waals surface area contributed by atoms with Gasteiger partial charge in [-0.2, -0.15) is 4.73 Å². The molecule has 0 aliphatic carbocycles. The van der Waals surface area contributed by atoms with Gasteiger partial charge in [-0.05, 0) is 6.92 Å². The molecule has 4 nitrogen and oxygen atoms in total. The van der Waals surface area contributed by atoms with Gasteiger partial charge in [-0.25, -0.2) is 4.98 Å². The average molecular weight is 202 g/mol. The molecule has 0 aliphatic heterocycles. The number of hydrogen-bond acceptors (Lipinski definition) is 3. The van der Waals surface area contributed by atoms with Crippen molar-refractivity contribution >= 4 is 0 Å². The van der Waals surface area contributed by atoms with Crippen LogP contribution in [0.15, 0.2) is 41.3 Å². The topological polar surface area (TPSA) is 55.1 Å². The Bertz CT molecular complexity index is 532. The highest BCUT2D eigenvalue weighted by Crippen LogP contribution is 2.11. The van der Waals surface area contributed by atoms with Crippen LogP contribution in [0.5, 0.6) is 0 Å². The van der Waals surface area contributed by atoms with E-state index in [1.807, 2.05) is 18.2 Å². The number of aryl methyl sites for hydroxylation is 1. The summed E-state index contributed by atoms with van der Waals surface area (Å²) in [6, 6.07) is 9.06. The van der Waals surface area contributed by atoms with Crippen molar-refractivity contribution < 1.29 is 5.21 Å². The highest BCUT2D eigenvalue weighted by molar-refractivity contribution is 5.57. The van der Waals surface area contributed by atoms with Crippen molar-refractivity contribution in [1.82, 2.24) is 9.71 Å². The molecule has 76 valence electrons. The van der Waals surface area contributed by atoms with E-state index in [1.165, 1.54) is 6.20 Å². The monoisotopic (exact) mass is 202 g/mol. The number of benzene rings is 1. The highest BCUT2D eigenvalue weighted by Gasteiger charge is 2.07. The summed E-state index contributed by atoms with van der Waals surface area (Å²) in [5.41, 5.74) is 1.05. The third-order valence-electron chi connectivity index (χ3n) is 2.06. The first-order valence-electron chi connectivity index (χ1n) is 4.53. The predicted octanol–water partition coefficient (Wildman–Crippen LogP) is 1.46. The van der Waals surface area contributed by atoms with Crippen molar-refractivity contribution in [2.75, 3.05) is 0 Å². The summed E-state index contributed by atoms with van der Waals surface area (Å²) in [7, 11) is 0. The molecule has 0 amide bonds. The Morgan fingerprint density at radius 3 is 2.60 bits per heavy atom. The fraction of sp³-hybridized carbons (Fsp3) is 0.0909. The molecule has 2 aromatic rings. The molecule has 2 rings (SSSR count). The third-order valence-corrected chi connectivity index (χ3v) is 2.06. The number of rotatable bonds is 1. The molecule has 0 unspecified atom stereocenters. The Kier molecular flexibility index (Phi) is 2.25. The maximum absolute atomic E-state index is 11.6. The van der Waals surface area contributed by atoms with Crippen LogP contribution >= 0.6 is 0 Å². The fourth-order valence-corrected chi connectivity index (χ4v) is 1.38. The lowest BCUT2D eigenvalue weighted by molar-refractivity contribution is 0.173. The van der Waals surface area contributed by atoms with E-state index in [4.69, 9.17) is 0 Å². The molecule has 0 spiro atoms. The summed E-state index contributed by atoms with van der Waals surface area (Å²) in [6.07, 6.45) is 1.29. The zero-order valence-electron chi connectivity index (χ0n) is 8.21. The van der Waals surface area contributed by atoms with Crippen LogP contribution in [-0.4, -0.2) is 14.9 Å². The molecule has 0 aliphatic rings. The molecule has 0 atom stereocenters. The summed E-state index contributed by atoms with van der Waals surface area (Å²) < 4.78 is 0.560. The predicted molar refractivity (Wildman–Crippen MR) is 55.9 cm³/mol. The lowest BCUT2D eigenvalue weighted by Gasteiger charge is -2.03. The maximum atomic E-state index is 11.6. The Morgan fingerprint density at radius 2 is 1.93 bits per heavy atom. The molecular weight excluding hydrogens is 192 g/mol. The SMILES string of the molecule is Cc1cn(O)c(=O)c(-c2ccccc2)n1. The Morgan fingerprint density at radius 1 is 1.27 bits per heavy atom. The lowest BCUT2D eigenvalue weighted by atomic mass is 10.1. The van der Waals surface area contributed by atoms with E-state index in [1.54, 1.807) is 19.1 Å². The van der Waals surface area contributed by atoms with Crippen LogP contribution in [0.25, 0.3) is 11.3 Å². The van der Waals surface area contributed by atoms with Gasteiger partial charge in [-0.15, -0.1) is 0 Å². The van der Waals surface area contributed by atoms with Crippen molar-refractivity contribution in [3.8, 4) is 11.3 Å². The van der Waals surface area contributed by atoms with E-state index in [-0.39, 0.29) is 5.69 Å². The van der Waals surface area contributed by atoms with Crippen molar-refractivity contribution in [2.45, 2.75) is 6.92 Å². The highest BCUT2D eigenvalue weighted by atomic mass is 16.5. The quantitative estimate of drug-likeness (QED) is 0.712. The summed E-state index contributed by atoms with van der Waals surface area (Å²) in [6.45, 7) is 1.72. The van der Waals surface area contributed by atoms with Crippen molar-refractivity contribution in [3.63, 3.8) is 0 Å². The molecular formula is C11H10N2O2. The van der Waals surface area contributed by atoms with E-state index in [0.717, 1.165) is 0 Å². The minimum absolute atomic E-state index is 0.262. The standard InChI is InChI=1S/C11H10N2O2/c1-8-7-13(15)11(14)10(12-8)9-5-3-2-4-6-9/h2-7,15H,1H3. The summed E-state index contributed by atoms with van der Waals surface area (Å²) in [5.74, 6) is 0. The van der Waals surface area contributed by atoms with Crippen molar-refractivity contribution in [2.24, 2.45) is 0 Å². The lowest BCUT2D eigenvalue weighted by Crippen LogP contribution is -2.21. The molecule has 0 saturated heterocycles. The van der Waals surface area contributed by atoms with Gasteiger partial charge in [0.2, 0.25) is 0 Å². The average Bonchev–Trinajstić information content (AvgIpc) is 2.24. The largest absolute Gasteiger partial charge is 0.425 e. The van der Waals surface area contributed by atoms with Crippen LogP contribution in [0.4, 0.5) is 0 Å². The first kappa shape index (κ1) is 9.45. The van der Waals surface area contributed by atoms with Crippen LogP contribution in [0, 0.1) is 6.92 Å². The smallest absolute Gasteiger partial charge is 0.309 e. The molecule has 15 heavy (non-hydrogen) atoms. The van der Waals surface area contributed by atoms with Crippen LogP contribution in [-0.2, 0) is 0 Å². The molecule has 0 radical (unpaired) electrons. The molecule has 1 aromatic carbocycles. The van der Waals surface area contributed by atoms with E-state index >= 15 is 0 Å². The van der Waals surface area contributed by atoms with Gasteiger partial charge in [-0.3, -0.25) is 4.79 Å². The van der Waals surface area contributed by atoms with Gasteiger partial charge in [-0.1, -0.05) is 30.3 Å². The molecule has 1 N–H and O–H groups in total. The normalized spacial score (nSPS) is 10.2. The second-order valence-electron chi connectivity index (χ2n) is 3.25. The Hall–Kier alpha value is -2.10. The number of hydrogen-bond donors (Lipinski definition) is 1. The minimum atomic E-state index is -0.508. The summed E-state index contributed by atoms with van der Waals surface area (Å²) >= 11 is 0. The second kappa shape index (κ2) is 3.57. The number of nitrogens with zero attached hydrogens (tertiary/aromatic N) is 2. The molecule has 1 heterocycles. The van der Waals surface area contributed by atoms with Gasteiger partial charge in [0.1, 0.15) is 5.69 Å². The molecule has 4 heteroatoms. The summed E-state index contributed by atoms with van der Waals surface area (Å²) in [5, 5.41) is 9.31. The molecule has 0 bridgehead atoms. The van der Waals surface area contributed by atoms with Crippen LogP contribution in [0.3, 0.4) is 0 Å². The van der Waals surface area contributed by atoms with E-state index in [0.29, 0.717) is 16.0 Å². The maximum Gasteiger partial charge on any atom is 0.309 e. The van der Waals surface area contributed by atoms with Crippen molar-refractivity contribution in [1.29, 1.82) is 0 Å². The van der Waals surface area contributed by atoms with Crippen LogP contribution in [0.2, 0.25) is 0 Å². The van der Waals surface area contributed by atoms with E-state index in [2.05, 4.69) is 4.98 Å². The second-order valence-corrected chi connectivity index (χ2v) is 3.25. The van der Waals surface area contributed by atoms with Crippen molar-refractivity contribution in [3.05, 3.63) is 52.6 Å². The Labute approximate surface area is 86.4 Å². The molecule has 0 fully saturated rings. The van der Waals surface area contributed by atoms with Gasteiger partial charge in [0.25, 0.3) is 0 Å². The minimum Gasteiger partial charge on any atom is -0.425 e. The fourth-order valence-electron chi connectivity index (χ4n) is 1.38. The van der Waals surface area contributed by atoms with Gasteiger partial charge >= 0.3 is 5.56 Å². The first-order chi connectivity index (χ1) is 7.18. The number of aromatic nitrogens is 2. The van der Waals surface area contributed by atoms with Gasteiger partial charge < -0.3 is 5.21 Å². The zero-order chi connectivity index (χ0) is 10.8. The van der Waals surface area contributed by atoms with Gasteiger partial charge in [0.15, 0.2) is 0 Å². The van der Waals surface area contributed by atoms with Gasteiger partial charge in [0, 0.05) is 5.56 Å². The third kappa shape index (κ3) is 1.74. The Balaban J connectivity index is 2.69.